The topological polar surface area (TPSA) is 39.9 Å². The highest BCUT2D eigenvalue weighted by Gasteiger charge is 1.95. The average Bonchev–Trinajstić information content (AvgIpc) is 2.45. The molecule has 0 saturated heterocycles. The molecule has 0 aliphatic carbocycles. The molecule has 1 aromatic heterocycles. The van der Waals surface area contributed by atoms with E-state index in [4.69, 9.17) is 4.74 Å². The predicted molar refractivity (Wildman–Crippen MR) is 53.8 cm³/mol. The van der Waals surface area contributed by atoms with Crippen LogP contribution in [-0.4, -0.2) is 28.5 Å². The van der Waals surface area contributed by atoms with Gasteiger partial charge in [-0.25, -0.2) is 4.98 Å². The van der Waals surface area contributed by atoms with Gasteiger partial charge >= 0.3 is 0 Å². The first-order valence-corrected chi connectivity index (χ1v) is 4.94. The first kappa shape index (κ1) is 9.91. The summed E-state index contributed by atoms with van der Waals surface area (Å²) in [6.07, 6.45) is 3.93. The normalized spacial score (nSPS) is 10.5. The molecule has 0 aromatic carbocycles. The van der Waals surface area contributed by atoms with Gasteiger partial charge in [-0.3, -0.25) is 4.68 Å². The van der Waals surface area contributed by atoms with Crippen LogP contribution in [0.5, 0.6) is 0 Å². The van der Waals surface area contributed by atoms with E-state index in [0.29, 0.717) is 0 Å². The summed E-state index contributed by atoms with van der Waals surface area (Å²) in [6, 6.07) is 0. The lowest BCUT2D eigenvalue weighted by Crippen LogP contribution is -2.00. The van der Waals surface area contributed by atoms with Crippen LogP contribution in [0.3, 0.4) is 0 Å². The summed E-state index contributed by atoms with van der Waals surface area (Å²) >= 11 is 2.10. The number of aryl methyl sites for hydroxylation is 1. The lowest BCUT2D eigenvalue weighted by atomic mass is 10.3. The molecule has 12 heavy (non-hydrogen) atoms. The van der Waals surface area contributed by atoms with Crippen molar-refractivity contribution in [3.05, 3.63) is 10.2 Å². The summed E-state index contributed by atoms with van der Waals surface area (Å²) in [7, 11) is 1.72. The van der Waals surface area contributed by atoms with E-state index in [1.807, 2.05) is 4.68 Å². The van der Waals surface area contributed by atoms with Crippen molar-refractivity contribution in [3.63, 3.8) is 0 Å². The van der Waals surface area contributed by atoms with Crippen LogP contribution in [0.25, 0.3) is 0 Å². The smallest absolute Gasteiger partial charge is 0.211 e. The van der Waals surface area contributed by atoms with Crippen LogP contribution in [0, 0.1) is 3.83 Å². The van der Waals surface area contributed by atoms with Gasteiger partial charge in [0.15, 0.2) is 0 Å². The third-order valence-corrected chi connectivity index (χ3v) is 1.99. The van der Waals surface area contributed by atoms with Gasteiger partial charge in [0.2, 0.25) is 3.83 Å². The minimum atomic E-state index is 0.805. The fraction of sp³-hybridized carbons (Fsp3) is 0.714. The van der Waals surface area contributed by atoms with E-state index in [9.17, 15) is 0 Å². The summed E-state index contributed by atoms with van der Waals surface area (Å²) in [5.74, 6) is 0. The van der Waals surface area contributed by atoms with E-state index in [-0.39, 0.29) is 0 Å². The van der Waals surface area contributed by atoms with Crippen molar-refractivity contribution >= 4 is 22.6 Å². The maximum Gasteiger partial charge on any atom is 0.211 e. The standard InChI is InChI=1S/C7H12IN3O/c1-12-5-3-2-4-11-6-9-7(8)10-11/h6H,2-5H2,1H3. The molecule has 0 fully saturated rings. The van der Waals surface area contributed by atoms with Gasteiger partial charge in [0.05, 0.1) is 0 Å². The number of aromatic nitrogens is 3. The molecule has 0 bridgehead atoms. The van der Waals surface area contributed by atoms with Crippen molar-refractivity contribution < 1.29 is 4.74 Å². The van der Waals surface area contributed by atoms with Crippen LogP contribution in [0.15, 0.2) is 6.33 Å². The van der Waals surface area contributed by atoms with E-state index in [2.05, 4.69) is 32.7 Å². The highest BCUT2D eigenvalue weighted by molar-refractivity contribution is 14.1. The Bertz CT molecular complexity index is 226. The molecule has 1 rings (SSSR count). The molecule has 0 N–H and O–H groups in total. The molecule has 0 aliphatic rings. The molecule has 1 aromatic rings. The Balaban J connectivity index is 2.15. The van der Waals surface area contributed by atoms with E-state index in [1.54, 1.807) is 13.4 Å². The molecule has 1 heterocycles. The van der Waals surface area contributed by atoms with Gasteiger partial charge in [-0.1, -0.05) is 0 Å². The van der Waals surface area contributed by atoms with Crippen molar-refractivity contribution in [3.8, 4) is 0 Å². The Labute approximate surface area is 85.5 Å². The second kappa shape index (κ2) is 5.47. The lowest BCUT2D eigenvalue weighted by molar-refractivity contribution is 0.191. The quantitative estimate of drug-likeness (QED) is 0.603. The maximum atomic E-state index is 4.94. The molecule has 4 nitrogen and oxygen atoms in total. The van der Waals surface area contributed by atoms with Crippen LogP contribution < -0.4 is 0 Å². The van der Waals surface area contributed by atoms with Crippen molar-refractivity contribution in [2.24, 2.45) is 0 Å². The molecule has 5 heteroatoms. The lowest BCUT2D eigenvalue weighted by Gasteiger charge is -1.99. The summed E-state index contributed by atoms with van der Waals surface area (Å²) < 4.78 is 7.60. The van der Waals surface area contributed by atoms with Crippen LogP contribution >= 0.6 is 22.6 Å². The number of hydrogen-bond donors (Lipinski definition) is 0. The largest absolute Gasteiger partial charge is 0.385 e. The Morgan fingerprint density at radius 3 is 3.00 bits per heavy atom. The molecule has 0 saturated carbocycles. The molecule has 0 unspecified atom stereocenters. The van der Waals surface area contributed by atoms with Crippen molar-refractivity contribution in [2.75, 3.05) is 13.7 Å². The third kappa shape index (κ3) is 3.48. The first-order chi connectivity index (χ1) is 5.83. The van der Waals surface area contributed by atoms with Gasteiger partial charge in [0, 0.05) is 42.9 Å². The van der Waals surface area contributed by atoms with Crippen LogP contribution in [0.2, 0.25) is 0 Å². The van der Waals surface area contributed by atoms with Crippen LogP contribution in [0.4, 0.5) is 0 Å². The summed E-state index contributed by atoms with van der Waals surface area (Å²) in [4.78, 5) is 4.02. The van der Waals surface area contributed by atoms with Gasteiger partial charge in [0.25, 0.3) is 0 Å². The van der Waals surface area contributed by atoms with E-state index in [0.717, 1.165) is 29.8 Å². The van der Waals surface area contributed by atoms with Gasteiger partial charge < -0.3 is 4.74 Å². The SMILES string of the molecule is COCCCCn1cnc(I)n1. The maximum absolute atomic E-state index is 4.94. The van der Waals surface area contributed by atoms with Gasteiger partial charge in [0.1, 0.15) is 6.33 Å². The zero-order chi connectivity index (χ0) is 8.81. The third-order valence-electron chi connectivity index (χ3n) is 1.49. The number of rotatable bonds is 5. The van der Waals surface area contributed by atoms with Gasteiger partial charge in [-0.15, -0.1) is 5.10 Å². The van der Waals surface area contributed by atoms with Crippen molar-refractivity contribution in [1.29, 1.82) is 0 Å². The first-order valence-electron chi connectivity index (χ1n) is 3.87. The number of hydrogen-bond acceptors (Lipinski definition) is 3. The average molecular weight is 281 g/mol. The van der Waals surface area contributed by atoms with Gasteiger partial charge in [-0.2, -0.15) is 0 Å². The molecule has 0 amide bonds. The molecule has 0 radical (unpaired) electrons. The van der Waals surface area contributed by atoms with Crippen LogP contribution in [0.1, 0.15) is 12.8 Å². The zero-order valence-electron chi connectivity index (χ0n) is 7.03. The fourth-order valence-corrected chi connectivity index (χ4v) is 1.30. The molecule has 0 spiro atoms. The molecular formula is C7H12IN3O. The number of unbranched alkanes of at least 4 members (excludes halogenated alkanes) is 1. The molecule has 0 atom stereocenters. The number of methoxy groups -OCH3 is 1. The predicted octanol–water partition coefficient (Wildman–Crippen LogP) is 1.31. The minimum absolute atomic E-state index is 0.805. The van der Waals surface area contributed by atoms with E-state index >= 15 is 0 Å². The highest BCUT2D eigenvalue weighted by atomic mass is 127. The Morgan fingerprint density at radius 1 is 1.58 bits per heavy atom. The fourth-order valence-electron chi connectivity index (χ4n) is 0.900. The van der Waals surface area contributed by atoms with Crippen molar-refractivity contribution in [1.82, 2.24) is 14.8 Å². The number of ether oxygens (including phenoxy) is 1. The van der Waals surface area contributed by atoms with E-state index < -0.39 is 0 Å². The Kier molecular flexibility index (Phi) is 4.52. The number of halogens is 1. The van der Waals surface area contributed by atoms with Gasteiger partial charge in [-0.05, 0) is 12.8 Å². The summed E-state index contributed by atoms with van der Waals surface area (Å²) in [5.41, 5.74) is 0. The Morgan fingerprint density at radius 2 is 2.42 bits per heavy atom. The monoisotopic (exact) mass is 281 g/mol. The zero-order valence-corrected chi connectivity index (χ0v) is 9.19. The van der Waals surface area contributed by atoms with E-state index in [1.165, 1.54) is 0 Å². The molecular weight excluding hydrogens is 269 g/mol. The second-order valence-electron chi connectivity index (χ2n) is 2.48. The second-order valence-corrected chi connectivity index (χ2v) is 3.44. The molecule has 68 valence electrons. The Hall–Kier alpha value is -0.170. The van der Waals surface area contributed by atoms with Crippen molar-refractivity contribution in [2.45, 2.75) is 19.4 Å². The van der Waals surface area contributed by atoms with Crippen LogP contribution in [-0.2, 0) is 11.3 Å². The number of nitrogens with zero attached hydrogens (tertiary/aromatic N) is 3. The minimum Gasteiger partial charge on any atom is -0.385 e. The highest BCUT2D eigenvalue weighted by Crippen LogP contribution is 1.97. The molecule has 0 aliphatic heterocycles. The summed E-state index contributed by atoms with van der Waals surface area (Å²) in [6.45, 7) is 1.76. The summed E-state index contributed by atoms with van der Waals surface area (Å²) in [5, 5.41) is 4.16.